The Bertz CT molecular complexity index is 470. The zero-order valence-corrected chi connectivity index (χ0v) is 13.3. The Hall–Kier alpha value is -1.56. The van der Waals surface area contributed by atoms with Gasteiger partial charge >= 0.3 is 0 Å². The molecule has 0 radical (unpaired) electrons. The summed E-state index contributed by atoms with van der Waals surface area (Å²) in [4.78, 5) is 0. The van der Waals surface area contributed by atoms with Crippen LogP contribution in [0.25, 0.3) is 0 Å². The number of terminal acetylenes is 1. The molecule has 0 aliphatic rings. The molecule has 0 fully saturated rings. The first kappa shape index (κ1) is 17.5. The Morgan fingerprint density at radius 2 is 2.00 bits per heavy atom. The number of aliphatic hydroxyl groups excluding tert-OH is 1. The molecule has 1 aromatic carbocycles. The van der Waals surface area contributed by atoms with Gasteiger partial charge in [0.15, 0.2) is 0 Å². The van der Waals surface area contributed by atoms with Crippen molar-refractivity contribution in [1.29, 1.82) is 0 Å². The van der Waals surface area contributed by atoms with Gasteiger partial charge in [0.1, 0.15) is 0 Å². The molecule has 0 amide bonds. The third-order valence-electron chi connectivity index (χ3n) is 3.60. The van der Waals surface area contributed by atoms with Crippen LogP contribution >= 0.6 is 0 Å². The van der Waals surface area contributed by atoms with E-state index in [-0.39, 0.29) is 24.5 Å². The summed E-state index contributed by atoms with van der Waals surface area (Å²) in [5, 5.41) is 9.17. The molecule has 2 nitrogen and oxygen atoms in total. The van der Waals surface area contributed by atoms with Crippen molar-refractivity contribution < 1.29 is 9.84 Å². The Kier molecular flexibility index (Phi) is 7.82. The van der Waals surface area contributed by atoms with E-state index in [0.29, 0.717) is 13.0 Å². The van der Waals surface area contributed by atoms with Gasteiger partial charge in [-0.05, 0) is 18.4 Å². The second kappa shape index (κ2) is 9.39. The lowest BCUT2D eigenvalue weighted by Gasteiger charge is -2.28. The summed E-state index contributed by atoms with van der Waals surface area (Å²) >= 11 is 0. The summed E-state index contributed by atoms with van der Waals surface area (Å²) in [5.74, 6) is 3.20. The molecule has 114 valence electrons. The number of benzene rings is 1. The first-order valence-electron chi connectivity index (χ1n) is 7.45. The number of rotatable bonds is 8. The number of ether oxygens (including phenoxy) is 1. The molecule has 0 aliphatic carbocycles. The summed E-state index contributed by atoms with van der Waals surface area (Å²) in [6.07, 6.45) is 8.25. The summed E-state index contributed by atoms with van der Waals surface area (Å²) in [7, 11) is 0. The van der Waals surface area contributed by atoms with Gasteiger partial charge in [-0.2, -0.15) is 0 Å². The molecule has 0 saturated heterocycles. The van der Waals surface area contributed by atoms with E-state index in [4.69, 9.17) is 11.2 Å². The molecule has 0 aliphatic heterocycles. The highest BCUT2D eigenvalue weighted by Gasteiger charge is 2.22. The molecule has 0 spiro atoms. The van der Waals surface area contributed by atoms with Crippen LogP contribution in [0.1, 0.15) is 32.8 Å². The predicted octanol–water partition coefficient (Wildman–Crippen LogP) is 3.81. The van der Waals surface area contributed by atoms with Crippen LogP contribution in [0, 0.1) is 24.2 Å². The normalized spacial score (nSPS) is 16.0. The maximum absolute atomic E-state index is 9.17. The van der Waals surface area contributed by atoms with Gasteiger partial charge in [-0.1, -0.05) is 55.8 Å². The standard InChI is InChI=1S/C19H26O2/c1-5-9-16(3)19(17(4)12-15(2)13-20)21-14-18-10-7-6-8-11-18/h1,6-8,10-12,16-17,19-20H,9,13-14H2,2-4H3/b15-12+/t16-,17+,19-/m0/s1. The van der Waals surface area contributed by atoms with E-state index in [0.717, 1.165) is 11.1 Å². The lowest BCUT2D eigenvalue weighted by Crippen LogP contribution is -2.28. The SMILES string of the molecule is C#CC[C@H](C)[C@H](OCc1ccccc1)[C@H](C)/C=C(\C)CO. The Morgan fingerprint density at radius 1 is 1.33 bits per heavy atom. The van der Waals surface area contributed by atoms with Gasteiger partial charge < -0.3 is 9.84 Å². The third-order valence-corrected chi connectivity index (χ3v) is 3.60. The average molecular weight is 286 g/mol. The van der Waals surface area contributed by atoms with Crippen molar-refractivity contribution in [2.24, 2.45) is 11.8 Å². The van der Waals surface area contributed by atoms with E-state index >= 15 is 0 Å². The smallest absolute Gasteiger partial charge is 0.0721 e. The van der Waals surface area contributed by atoms with Gasteiger partial charge in [0.05, 0.1) is 19.3 Å². The summed E-state index contributed by atoms with van der Waals surface area (Å²) in [6, 6.07) is 10.1. The van der Waals surface area contributed by atoms with Gasteiger partial charge in [-0.15, -0.1) is 12.3 Å². The molecular weight excluding hydrogens is 260 g/mol. The predicted molar refractivity (Wildman–Crippen MR) is 87.6 cm³/mol. The van der Waals surface area contributed by atoms with Crippen LogP contribution < -0.4 is 0 Å². The average Bonchev–Trinajstić information content (AvgIpc) is 2.48. The number of hydrogen-bond acceptors (Lipinski definition) is 2. The fourth-order valence-electron chi connectivity index (χ4n) is 2.50. The highest BCUT2D eigenvalue weighted by atomic mass is 16.5. The lowest BCUT2D eigenvalue weighted by atomic mass is 9.89. The van der Waals surface area contributed by atoms with Crippen molar-refractivity contribution in [3.8, 4) is 12.3 Å². The molecule has 21 heavy (non-hydrogen) atoms. The largest absolute Gasteiger partial charge is 0.392 e. The van der Waals surface area contributed by atoms with Gasteiger partial charge in [0.2, 0.25) is 0 Å². The van der Waals surface area contributed by atoms with E-state index in [1.807, 2.05) is 25.1 Å². The van der Waals surface area contributed by atoms with Crippen LogP contribution in [-0.2, 0) is 11.3 Å². The Morgan fingerprint density at radius 3 is 2.57 bits per heavy atom. The number of aliphatic hydroxyl groups is 1. The highest BCUT2D eigenvalue weighted by Crippen LogP contribution is 2.23. The topological polar surface area (TPSA) is 29.5 Å². The Balaban J connectivity index is 2.75. The maximum atomic E-state index is 9.17. The molecule has 0 saturated carbocycles. The maximum Gasteiger partial charge on any atom is 0.0721 e. The molecule has 0 bridgehead atoms. The van der Waals surface area contributed by atoms with Crippen LogP contribution in [0.5, 0.6) is 0 Å². The third kappa shape index (κ3) is 6.16. The van der Waals surface area contributed by atoms with Crippen molar-refractivity contribution >= 4 is 0 Å². The molecule has 1 rings (SSSR count). The van der Waals surface area contributed by atoms with Crippen LogP contribution in [0.15, 0.2) is 42.0 Å². The second-order valence-electron chi connectivity index (χ2n) is 5.68. The molecular formula is C19H26O2. The van der Waals surface area contributed by atoms with Crippen LogP contribution in [0.2, 0.25) is 0 Å². The molecule has 3 atom stereocenters. The zero-order valence-electron chi connectivity index (χ0n) is 13.3. The van der Waals surface area contributed by atoms with Crippen molar-refractivity contribution in [2.75, 3.05) is 6.61 Å². The monoisotopic (exact) mass is 286 g/mol. The fraction of sp³-hybridized carbons (Fsp3) is 0.474. The van der Waals surface area contributed by atoms with Crippen LogP contribution in [0.3, 0.4) is 0 Å². The first-order valence-corrected chi connectivity index (χ1v) is 7.45. The van der Waals surface area contributed by atoms with Crippen LogP contribution in [-0.4, -0.2) is 17.8 Å². The summed E-state index contributed by atoms with van der Waals surface area (Å²) < 4.78 is 6.13. The van der Waals surface area contributed by atoms with E-state index in [1.165, 1.54) is 0 Å². The van der Waals surface area contributed by atoms with E-state index in [9.17, 15) is 5.11 Å². The van der Waals surface area contributed by atoms with Gasteiger partial charge in [-0.25, -0.2) is 0 Å². The molecule has 1 N–H and O–H groups in total. The van der Waals surface area contributed by atoms with Gasteiger partial charge in [0, 0.05) is 12.3 Å². The van der Waals surface area contributed by atoms with Gasteiger partial charge in [0.25, 0.3) is 0 Å². The van der Waals surface area contributed by atoms with E-state index in [1.54, 1.807) is 0 Å². The molecule has 0 unspecified atom stereocenters. The molecule has 2 heteroatoms. The summed E-state index contributed by atoms with van der Waals surface area (Å²) in [5.41, 5.74) is 2.12. The van der Waals surface area contributed by atoms with Crippen molar-refractivity contribution in [3.05, 3.63) is 47.5 Å². The quantitative estimate of drug-likeness (QED) is 0.582. The lowest BCUT2D eigenvalue weighted by molar-refractivity contribution is -0.0154. The molecule has 1 aromatic rings. The molecule has 0 heterocycles. The second-order valence-corrected chi connectivity index (χ2v) is 5.68. The van der Waals surface area contributed by atoms with Crippen molar-refractivity contribution in [3.63, 3.8) is 0 Å². The number of hydrogen-bond donors (Lipinski definition) is 1. The fourth-order valence-corrected chi connectivity index (χ4v) is 2.50. The summed E-state index contributed by atoms with van der Waals surface area (Å²) in [6.45, 7) is 6.82. The van der Waals surface area contributed by atoms with E-state index in [2.05, 4.69) is 38.0 Å². The highest BCUT2D eigenvalue weighted by molar-refractivity contribution is 5.13. The minimum atomic E-state index is 0.0442. The minimum absolute atomic E-state index is 0.0442. The Labute approximate surface area is 128 Å². The van der Waals surface area contributed by atoms with E-state index < -0.39 is 0 Å². The van der Waals surface area contributed by atoms with Crippen molar-refractivity contribution in [2.45, 2.75) is 39.9 Å². The van der Waals surface area contributed by atoms with Gasteiger partial charge in [-0.3, -0.25) is 0 Å². The minimum Gasteiger partial charge on any atom is -0.392 e. The van der Waals surface area contributed by atoms with Crippen LogP contribution in [0.4, 0.5) is 0 Å². The van der Waals surface area contributed by atoms with Crippen molar-refractivity contribution in [1.82, 2.24) is 0 Å². The first-order chi connectivity index (χ1) is 10.1. The zero-order chi connectivity index (χ0) is 15.7. The molecule has 0 aromatic heterocycles.